The van der Waals surface area contributed by atoms with Gasteiger partial charge in [-0.1, -0.05) is 30.1 Å². The molecule has 1 N–H and O–H groups in total. The minimum atomic E-state index is -3.08. The van der Waals surface area contributed by atoms with Crippen LogP contribution >= 0.6 is 23.2 Å². The Balaban J connectivity index is 1.86. The molecular formula is C16H18Cl2N2O4S. The molecule has 1 aromatic heterocycles. The first kappa shape index (κ1) is 19.8. The van der Waals surface area contributed by atoms with E-state index >= 15 is 0 Å². The monoisotopic (exact) mass is 404 g/mol. The zero-order valence-electron chi connectivity index (χ0n) is 13.6. The van der Waals surface area contributed by atoms with Gasteiger partial charge in [-0.2, -0.15) is 0 Å². The van der Waals surface area contributed by atoms with Gasteiger partial charge in [-0.25, -0.2) is 13.4 Å². The molecule has 0 aliphatic heterocycles. The molecule has 0 aliphatic carbocycles. The standard InChI is InChI=1S/C16H18Cl2N2O4S/c1-2-25(22,23)8-7-19-15(21)5-6-16-20-10-14(24-16)12-4-3-11(17)9-13(12)18/h3-4,9-10H,2,5-8H2,1H3,(H,19,21). The van der Waals surface area contributed by atoms with E-state index in [4.69, 9.17) is 27.6 Å². The topological polar surface area (TPSA) is 89.3 Å². The van der Waals surface area contributed by atoms with Crippen LogP contribution in [0.4, 0.5) is 0 Å². The van der Waals surface area contributed by atoms with E-state index in [-0.39, 0.29) is 30.4 Å². The van der Waals surface area contributed by atoms with Gasteiger partial charge in [-0.05, 0) is 18.2 Å². The highest BCUT2D eigenvalue weighted by Gasteiger charge is 2.12. The fourth-order valence-corrected chi connectivity index (χ4v) is 3.24. The van der Waals surface area contributed by atoms with E-state index in [2.05, 4.69) is 10.3 Å². The molecule has 0 fully saturated rings. The summed E-state index contributed by atoms with van der Waals surface area (Å²) >= 11 is 12.0. The number of amides is 1. The van der Waals surface area contributed by atoms with Gasteiger partial charge in [0.25, 0.3) is 0 Å². The molecule has 0 aliphatic rings. The minimum Gasteiger partial charge on any atom is -0.441 e. The number of aromatic nitrogens is 1. The molecule has 0 radical (unpaired) electrons. The van der Waals surface area contributed by atoms with Gasteiger partial charge in [0.15, 0.2) is 21.5 Å². The summed E-state index contributed by atoms with van der Waals surface area (Å²) in [6, 6.07) is 5.04. The lowest BCUT2D eigenvalue weighted by molar-refractivity contribution is -0.121. The summed E-state index contributed by atoms with van der Waals surface area (Å²) in [6.45, 7) is 1.68. The van der Waals surface area contributed by atoms with Gasteiger partial charge in [0.05, 0.1) is 17.0 Å². The zero-order chi connectivity index (χ0) is 18.4. The molecule has 1 amide bonds. The normalized spacial score (nSPS) is 11.5. The number of halogens is 2. The Kier molecular flexibility index (Phi) is 6.87. The Morgan fingerprint density at radius 2 is 2.08 bits per heavy atom. The highest BCUT2D eigenvalue weighted by atomic mass is 35.5. The molecule has 0 saturated heterocycles. The zero-order valence-corrected chi connectivity index (χ0v) is 15.9. The van der Waals surface area contributed by atoms with Gasteiger partial charge in [-0.3, -0.25) is 4.79 Å². The Morgan fingerprint density at radius 1 is 1.32 bits per heavy atom. The van der Waals surface area contributed by atoms with E-state index in [9.17, 15) is 13.2 Å². The number of carbonyl (C=O) groups excluding carboxylic acids is 1. The fraction of sp³-hybridized carbons (Fsp3) is 0.375. The summed E-state index contributed by atoms with van der Waals surface area (Å²) in [6.07, 6.45) is 1.99. The molecule has 0 atom stereocenters. The number of carbonyl (C=O) groups is 1. The lowest BCUT2D eigenvalue weighted by Gasteiger charge is -2.04. The van der Waals surface area contributed by atoms with Crippen LogP contribution in [-0.4, -0.2) is 37.4 Å². The van der Waals surface area contributed by atoms with Crippen molar-refractivity contribution in [1.29, 1.82) is 0 Å². The van der Waals surface area contributed by atoms with Crippen molar-refractivity contribution in [2.24, 2.45) is 0 Å². The van der Waals surface area contributed by atoms with Crippen molar-refractivity contribution >= 4 is 38.9 Å². The fourth-order valence-electron chi connectivity index (χ4n) is 2.04. The summed E-state index contributed by atoms with van der Waals surface area (Å²) in [7, 11) is -3.08. The number of nitrogens with one attached hydrogen (secondary N) is 1. The van der Waals surface area contributed by atoms with Crippen molar-refractivity contribution in [3.8, 4) is 11.3 Å². The van der Waals surface area contributed by atoms with Gasteiger partial charge in [0.2, 0.25) is 5.91 Å². The van der Waals surface area contributed by atoms with Gasteiger partial charge < -0.3 is 9.73 Å². The molecule has 0 bridgehead atoms. The van der Waals surface area contributed by atoms with E-state index in [1.807, 2.05) is 0 Å². The number of aryl methyl sites for hydroxylation is 1. The number of rotatable bonds is 8. The number of nitrogens with zero attached hydrogens (tertiary/aromatic N) is 1. The second-order valence-corrected chi connectivity index (χ2v) is 8.65. The molecule has 6 nitrogen and oxygen atoms in total. The number of hydrogen-bond acceptors (Lipinski definition) is 5. The van der Waals surface area contributed by atoms with Crippen molar-refractivity contribution in [2.75, 3.05) is 18.1 Å². The van der Waals surface area contributed by atoms with Crippen LogP contribution in [-0.2, 0) is 21.1 Å². The Bertz CT molecular complexity index is 850. The third-order valence-electron chi connectivity index (χ3n) is 3.49. The molecule has 0 unspecified atom stereocenters. The van der Waals surface area contributed by atoms with Crippen molar-refractivity contribution in [3.05, 3.63) is 40.3 Å². The third kappa shape index (κ3) is 6.02. The quantitative estimate of drug-likeness (QED) is 0.729. The van der Waals surface area contributed by atoms with Crippen molar-refractivity contribution in [1.82, 2.24) is 10.3 Å². The molecule has 2 rings (SSSR count). The van der Waals surface area contributed by atoms with E-state index in [0.29, 0.717) is 33.7 Å². The van der Waals surface area contributed by atoms with E-state index in [1.165, 1.54) is 6.20 Å². The molecule has 136 valence electrons. The molecule has 25 heavy (non-hydrogen) atoms. The number of oxazole rings is 1. The summed E-state index contributed by atoms with van der Waals surface area (Å²) in [5.41, 5.74) is 0.666. The molecule has 2 aromatic rings. The van der Waals surface area contributed by atoms with Crippen LogP contribution in [0.25, 0.3) is 11.3 Å². The highest BCUT2D eigenvalue weighted by molar-refractivity contribution is 7.91. The predicted molar refractivity (Wildman–Crippen MR) is 97.6 cm³/mol. The smallest absolute Gasteiger partial charge is 0.220 e. The lowest BCUT2D eigenvalue weighted by Crippen LogP contribution is -2.29. The first-order chi connectivity index (χ1) is 11.8. The maximum Gasteiger partial charge on any atom is 0.220 e. The van der Waals surface area contributed by atoms with Gasteiger partial charge in [0, 0.05) is 35.7 Å². The first-order valence-corrected chi connectivity index (χ1v) is 10.3. The Labute approximate surface area is 156 Å². The minimum absolute atomic E-state index is 0.0620. The van der Waals surface area contributed by atoms with Crippen LogP contribution in [0.1, 0.15) is 19.2 Å². The molecule has 9 heteroatoms. The van der Waals surface area contributed by atoms with Crippen LogP contribution in [0.2, 0.25) is 10.0 Å². The molecule has 1 aromatic carbocycles. The Morgan fingerprint density at radius 3 is 2.76 bits per heavy atom. The van der Waals surface area contributed by atoms with E-state index < -0.39 is 9.84 Å². The average Bonchev–Trinajstić information content (AvgIpc) is 3.01. The van der Waals surface area contributed by atoms with Crippen molar-refractivity contribution < 1.29 is 17.6 Å². The van der Waals surface area contributed by atoms with Crippen molar-refractivity contribution in [3.63, 3.8) is 0 Å². The van der Waals surface area contributed by atoms with Crippen LogP contribution < -0.4 is 5.32 Å². The largest absolute Gasteiger partial charge is 0.441 e. The van der Waals surface area contributed by atoms with Crippen LogP contribution in [0, 0.1) is 0 Å². The highest BCUT2D eigenvalue weighted by Crippen LogP contribution is 2.30. The Hall–Kier alpha value is -1.57. The summed E-state index contributed by atoms with van der Waals surface area (Å²) in [4.78, 5) is 15.9. The molecule has 0 spiro atoms. The van der Waals surface area contributed by atoms with E-state index in [1.54, 1.807) is 25.1 Å². The number of sulfone groups is 1. The van der Waals surface area contributed by atoms with Crippen molar-refractivity contribution in [2.45, 2.75) is 19.8 Å². The predicted octanol–water partition coefficient (Wildman–Crippen LogP) is 3.13. The van der Waals surface area contributed by atoms with Gasteiger partial charge >= 0.3 is 0 Å². The maximum atomic E-state index is 11.7. The summed E-state index contributed by atoms with van der Waals surface area (Å²) in [5.74, 6) is 0.641. The third-order valence-corrected chi connectivity index (χ3v) is 5.74. The lowest BCUT2D eigenvalue weighted by atomic mass is 10.2. The van der Waals surface area contributed by atoms with Gasteiger partial charge in [-0.15, -0.1) is 0 Å². The molecular weight excluding hydrogens is 387 g/mol. The summed E-state index contributed by atoms with van der Waals surface area (Å²) < 4.78 is 28.3. The average molecular weight is 405 g/mol. The molecule has 1 heterocycles. The second-order valence-electron chi connectivity index (χ2n) is 5.33. The second kappa shape index (κ2) is 8.69. The number of benzene rings is 1. The van der Waals surface area contributed by atoms with Crippen LogP contribution in [0.3, 0.4) is 0 Å². The van der Waals surface area contributed by atoms with Crippen LogP contribution in [0.15, 0.2) is 28.8 Å². The first-order valence-electron chi connectivity index (χ1n) is 7.68. The van der Waals surface area contributed by atoms with Gasteiger partial charge in [0.1, 0.15) is 0 Å². The summed E-state index contributed by atoms with van der Waals surface area (Å²) in [5, 5.41) is 3.55. The SMILES string of the molecule is CCS(=O)(=O)CCNC(=O)CCc1ncc(-c2ccc(Cl)cc2Cl)o1. The van der Waals surface area contributed by atoms with E-state index in [0.717, 1.165) is 0 Å². The number of hydrogen-bond donors (Lipinski definition) is 1. The molecule has 0 saturated carbocycles. The maximum absolute atomic E-state index is 11.7. The van der Waals surface area contributed by atoms with Crippen LogP contribution in [0.5, 0.6) is 0 Å².